The Balaban J connectivity index is 2.02. The standard InChI is InChI=1S/C12H13NO4S/c1-17-11-4-2-9(3-5-11)12(14)13-10-6-7-18(15,16)8-10/h2-7,10H,8H2,1H3,(H,13,14)/t10-/m0/s1. The molecule has 1 atom stereocenters. The summed E-state index contributed by atoms with van der Waals surface area (Å²) in [5.74, 6) is 0.286. The Kier molecular flexibility index (Phi) is 3.38. The van der Waals surface area contributed by atoms with Crippen molar-refractivity contribution in [1.29, 1.82) is 0 Å². The minimum absolute atomic E-state index is 0.0745. The number of rotatable bonds is 3. The van der Waals surface area contributed by atoms with Gasteiger partial charge in [-0.25, -0.2) is 8.42 Å². The van der Waals surface area contributed by atoms with Crippen molar-refractivity contribution in [2.45, 2.75) is 6.04 Å². The van der Waals surface area contributed by atoms with Crippen LogP contribution in [-0.2, 0) is 9.84 Å². The zero-order valence-corrected chi connectivity index (χ0v) is 10.6. The highest BCUT2D eigenvalue weighted by molar-refractivity contribution is 7.94. The van der Waals surface area contributed by atoms with Gasteiger partial charge in [-0.1, -0.05) is 0 Å². The molecule has 0 unspecified atom stereocenters. The third-order valence-electron chi connectivity index (χ3n) is 2.60. The minimum atomic E-state index is -3.15. The van der Waals surface area contributed by atoms with Crippen molar-refractivity contribution in [2.24, 2.45) is 0 Å². The summed E-state index contributed by atoms with van der Waals surface area (Å²) in [6.07, 6.45) is 1.48. The van der Waals surface area contributed by atoms with Gasteiger partial charge >= 0.3 is 0 Å². The number of methoxy groups -OCH3 is 1. The molecule has 1 aromatic carbocycles. The molecule has 0 aromatic heterocycles. The van der Waals surface area contributed by atoms with E-state index in [0.29, 0.717) is 11.3 Å². The Hall–Kier alpha value is -1.82. The minimum Gasteiger partial charge on any atom is -0.497 e. The van der Waals surface area contributed by atoms with E-state index in [0.717, 1.165) is 5.41 Å². The van der Waals surface area contributed by atoms with Crippen molar-refractivity contribution < 1.29 is 17.9 Å². The fraction of sp³-hybridized carbons (Fsp3) is 0.250. The van der Waals surface area contributed by atoms with Gasteiger partial charge in [0.1, 0.15) is 5.75 Å². The second kappa shape index (κ2) is 4.81. The fourth-order valence-corrected chi connectivity index (χ4v) is 2.90. The molecule has 1 aromatic rings. The summed E-state index contributed by atoms with van der Waals surface area (Å²) in [5, 5.41) is 3.77. The van der Waals surface area contributed by atoms with Crippen LogP contribution in [0, 0.1) is 0 Å². The number of carbonyl (C=O) groups excluding carboxylic acids is 1. The van der Waals surface area contributed by atoms with Gasteiger partial charge in [0.05, 0.1) is 18.9 Å². The second-order valence-electron chi connectivity index (χ2n) is 3.97. The van der Waals surface area contributed by atoms with Crippen LogP contribution >= 0.6 is 0 Å². The van der Waals surface area contributed by atoms with Crippen molar-refractivity contribution in [2.75, 3.05) is 12.9 Å². The van der Waals surface area contributed by atoms with Gasteiger partial charge in [0, 0.05) is 11.0 Å². The normalized spacial score (nSPS) is 20.6. The topological polar surface area (TPSA) is 72.5 Å². The SMILES string of the molecule is COc1ccc(C(=O)N[C@H]2C=CS(=O)(=O)C2)cc1. The number of carbonyl (C=O) groups is 1. The average Bonchev–Trinajstić information content (AvgIpc) is 2.68. The smallest absolute Gasteiger partial charge is 0.251 e. The predicted molar refractivity (Wildman–Crippen MR) is 67.2 cm³/mol. The summed E-state index contributed by atoms with van der Waals surface area (Å²) in [5.41, 5.74) is 0.466. The number of nitrogens with one attached hydrogen (secondary N) is 1. The molecule has 0 aliphatic carbocycles. The molecule has 0 saturated heterocycles. The van der Waals surface area contributed by atoms with Crippen LogP contribution in [0.4, 0.5) is 0 Å². The first-order chi connectivity index (χ1) is 8.50. The van der Waals surface area contributed by atoms with Gasteiger partial charge in [-0.3, -0.25) is 4.79 Å². The first kappa shape index (κ1) is 12.6. The molecule has 0 spiro atoms. The van der Waals surface area contributed by atoms with Gasteiger partial charge in [0.2, 0.25) is 0 Å². The van der Waals surface area contributed by atoms with Gasteiger partial charge in [0.25, 0.3) is 5.91 Å². The molecular weight excluding hydrogens is 254 g/mol. The summed E-state index contributed by atoms with van der Waals surface area (Å²) in [4.78, 5) is 11.8. The molecule has 1 aliphatic heterocycles. The molecule has 1 heterocycles. The molecule has 1 amide bonds. The summed E-state index contributed by atoms with van der Waals surface area (Å²) >= 11 is 0. The van der Waals surface area contributed by atoms with Crippen LogP contribution in [-0.4, -0.2) is 33.2 Å². The lowest BCUT2D eigenvalue weighted by Gasteiger charge is -2.10. The Labute approximate surface area is 105 Å². The Bertz CT molecular complexity index is 575. The molecule has 18 heavy (non-hydrogen) atoms. The number of hydrogen-bond acceptors (Lipinski definition) is 4. The molecular formula is C12H13NO4S. The van der Waals surface area contributed by atoms with Crippen molar-refractivity contribution in [3.8, 4) is 5.75 Å². The first-order valence-electron chi connectivity index (χ1n) is 5.36. The Morgan fingerprint density at radius 2 is 2.00 bits per heavy atom. The van der Waals surface area contributed by atoms with E-state index in [9.17, 15) is 13.2 Å². The maximum absolute atomic E-state index is 11.8. The average molecular weight is 267 g/mol. The molecule has 96 valence electrons. The molecule has 1 aliphatic rings. The third-order valence-corrected chi connectivity index (χ3v) is 3.99. The largest absolute Gasteiger partial charge is 0.497 e. The Morgan fingerprint density at radius 1 is 1.33 bits per heavy atom. The molecule has 0 radical (unpaired) electrons. The molecule has 0 fully saturated rings. The monoisotopic (exact) mass is 267 g/mol. The van der Waals surface area contributed by atoms with Crippen LogP contribution in [0.1, 0.15) is 10.4 Å². The fourth-order valence-electron chi connectivity index (χ4n) is 1.66. The summed E-state index contributed by atoms with van der Waals surface area (Å²) in [6.45, 7) is 0. The molecule has 0 bridgehead atoms. The zero-order valence-electron chi connectivity index (χ0n) is 9.79. The van der Waals surface area contributed by atoms with E-state index in [1.165, 1.54) is 6.08 Å². The van der Waals surface area contributed by atoms with Crippen LogP contribution in [0.5, 0.6) is 5.75 Å². The lowest BCUT2D eigenvalue weighted by Crippen LogP contribution is -2.35. The van der Waals surface area contributed by atoms with E-state index >= 15 is 0 Å². The quantitative estimate of drug-likeness (QED) is 0.876. The van der Waals surface area contributed by atoms with E-state index in [-0.39, 0.29) is 11.7 Å². The van der Waals surface area contributed by atoms with Crippen LogP contribution in [0.2, 0.25) is 0 Å². The zero-order chi connectivity index (χ0) is 13.2. The molecule has 1 N–H and O–H groups in total. The van der Waals surface area contributed by atoms with Crippen LogP contribution in [0.25, 0.3) is 0 Å². The number of benzene rings is 1. The molecule has 6 heteroatoms. The van der Waals surface area contributed by atoms with Crippen molar-refractivity contribution >= 4 is 15.7 Å². The van der Waals surface area contributed by atoms with Crippen molar-refractivity contribution in [1.82, 2.24) is 5.32 Å². The summed E-state index contributed by atoms with van der Waals surface area (Å²) in [7, 11) is -1.60. The number of amides is 1. The molecule has 2 rings (SSSR count). The van der Waals surface area contributed by atoms with Gasteiger partial charge in [-0.2, -0.15) is 0 Å². The predicted octanol–water partition coefficient (Wildman–Crippen LogP) is 0.736. The highest BCUT2D eigenvalue weighted by Gasteiger charge is 2.23. The second-order valence-corrected chi connectivity index (χ2v) is 5.90. The van der Waals surface area contributed by atoms with Crippen LogP contribution < -0.4 is 10.1 Å². The van der Waals surface area contributed by atoms with Crippen molar-refractivity contribution in [3.05, 3.63) is 41.3 Å². The maximum atomic E-state index is 11.8. The lowest BCUT2D eigenvalue weighted by molar-refractivity contribution is 0.0947. The van der Waals surface area contributed by atoms with E-state index < -0.39 is 15.9 Å². The lowest BCUT2D eigenvalue weighted by atomic mass is 10.2. The molecule has 0 saturated carbocycles. The van der Waals surface area contributed by atoms with E-state index in [1.54, 1.807) is 31.4 Å². The van der Waals surface area contributed by atoms with Crippen molar-refractivity contribution in [3.63, 3.8) is 0 Å². The van der Waals surface area contributed by atoms with Gasteiger partial charge < -0.3 is 10.1 Å². The third kappa shape index (κ3) is 2.89. The van der Waals surface area contributed by atoms with Gasteiger partial charge in [0.15, 0.2) is 9.84 Å². The van der Waals surface area contributed by atoms with Gasteiger partial charge in [-0.05, 0) is 30.3 Å². The highest BCUT2D eigenvalue weighted by Crippen LogP contribution is 2.12. The van der Waals surface area contributed by atoms with Gasteiger partial charge in [-0.15, -0.1) is 0 Å². The van der Waals surface area contributed by atoms with E-state index in [4.69, 9.17) is 4.74 Å². The summed E-state index contributed by atoms with van der Waals surface area (Å²) in [6, 6.07) is 6.15. The van der Waals surface area contributed by atoms with E-state index in [2.05, 4.69) is 5.32 Å². The van der Waals surface area contributed by atoms with Crippen LogP contribution in [0.3, 0.4) is 0 Å². The van der Waals surface area contributed by atoms with E-state index in [1.807, 2.05) is 0 Å². The highest BCUT2D eigenvalue weighted by atomic mass is 32.2. The number of sulfone groups is 1. The number of hydrogen-bond donors (Lipinski definition) is 1. The summed E-state index contributed by atoms with van der Waals surface area (Å²) < 4.78 is 27.4. The Morgan fingerprint density at radius 3 is 2.50 bits per heavy atom. The maximum Gasteiger partial charge on any atom is 0.251 e. The molecule has 5 nitrogen and oxygen atoms in total. The number of ether oxygens (including phenoxy) is 1. The van der Waals surface area contributed by atoms with Crippen LogP contribution in [0.15, 0.2) is 35.7 Å². The first-order valence-corrected chi connectivity index (χ1v) is 7.07.